The van der Waals surface area contributed by atoms with E-state index in [1.807, 2.05) is 6.20 Å². The molecule has 1 aromatic rings. The van der Waals surface area contributed by atoms with Gasteiger partial charge in [-0.25, -0.2) is 4.68 Å². The van der Waals surface area contributed by atoms with Gasteiger partial charge in [-0.3, -0.25) is 4.79 Å². The van der Waals surface area contributed by atoms with Crippen molar-refractivity contribution in [2.45, 2.75) is 46.1 Å². The number of unbranched alkanes of at least 4 members (excludes halogenated alkanes) is 1. The summed E-state index contributed by atoms with van der Waals surface area (Å²) in [5.41, 5.74) is 1.00. The van der Waals surface area contributed by atoms with Crippen molar-refractivity contribution in [2.24, 2.45) is 5.92 Å². The molecule has 1 aromatic heterocycles. The molecule has 2 heterocycles. The molecule has 0 unspecified atom stereocenters. The number of nitrogens with zero attached hydrogens (tertiary/aromatic N) is 3. The topological polar surface area (TPSA) is 50.2 Å². The fraction of sp³-hybridized carbons (Fsp3) is 0.750. The van der Waals surface area contributed by atoms with Crippen LogP contribution in [-0.4, -0.2) is 36.0 Å². The van der Waals surface area contributed by atoms with E-state index in [1.54, 1.807) is 10.7 Å². The molecule has 1 saturated heterocycles. The second kappa shape index (κ2) is 8.17. The van der Waals surface area contributed by atoms with Gasteiger partial charge >= 0.3 is 0 Å². The van der Waals surface area contributed by atoms with Crippen LogP contribution in [0.2, 0.25) is 0 Å². The molecule has 0 aromatic carbocycles. The smallest absolute Gasteiger partial charge is 0.268 e. The summed E-state index contributed by atoms with van der Waals surface area (Å²) < 4.78 is 1.59. The van der Waals surface area contributed by atoms with Crippen molar-refractivity contribution in [3.8, 4) is 0 Å². The van der Waals surface area contributed by atoms with E-state index >= 15 is 0 Å². The molecule has 0 radical (unpaired) electrons. The molecule has 21 heavy (non-hydrogen) atoms. The van der Waals surface area contributed by atoms with Gasteiger partial charge in [0.25, 0.3) is 5.56 Å². The van der Waals surface area contributed by atoms with Crippen molar-refractivity contribution >= 4 is 5.69 Å². The number of rotatable bonds is 7. The van der Waals surface area contributed by atoms with Gasteiger partial charge in [-0.2, -0.15) is 5.10 Å². The van der Waals surface area contributed by atoms with E-state index in [9.17, 15) is 4.79 Å². The Morgan fingerprint density at radius 1 is 1.33 bits per heavy atom. The average Bonchev–Trinajstić information content (AvgIpc) is 2.49. The van der Waals surface area contributed by atoms with Crippen LogP contribution in [0.15, 0.2) is 17.1 Å². The van der Waals surface area contributed by atoms with Gasteiger partial charge in [-0.1, -0.05) is 13.8 Å². The molecule has 0 aliphatic carbocycles. The highest BCUT2D eigenvalue weighted by molar-refractivity contribution is 5.43. The van der Waals surface area contributed by atoms with Crippen LogP contribution in [-0.2, 0) is 6.54 Å². The Morgan fingerprint density at radius 3 is 2.76 bits per heavy atom. The zero-order chi connectivity index (χ0) is 15.1. The highest BCUT2D eigenvalue weighted by atomic mass is 16.1. The van der Waals surface area contributed by atoms with Crippen molar-refractivity contribution in [1.82, 2.24) is 15.1 Å². The molecule has 1 aliphatic rings. The molecule has 0 bridgehead atoms. The lowest BCUT2D eigenvalue weighted by Gasteiger charge is -2.31. The van der Waals surface area contributed by atoms with Gasteiger partial charge in [0.05, 0.1) is 11.9 Å². The van der Waals surface area contributed by atoms with E-state index in [1.165, 1.54) is 12.8 Å². The number of hydrogen-bond donors (Lipinski definition) is 1. The Kier molecular flexibility index (Phi) is 6.23. The Balaban J connectivity index is 1.87. The van der Waals surface area contributed by atoms with E-state index in [0.717, 1.165) is 50.6 Å². The molecule has 2 rings (SSSR count). The summed E-state index contributed by atoms with van der Waals surface area (Å²) in [7, 11) is 0. The Labute approximate surface area is 127 Å². The van der Waals surface area contributed by atoms with Gasteiger partial charge < -0.3 is 10.2 Å². The fourth-order valence-electron chi connectivity index (χ4n) is 2.72. The number of anilines is 1. The maximum Gasteiger partial charge on any atom is 0.268 e. The van der Waals surface area contributed by atoms with Crippen molar-refractivity contribution in [1.29, 1.82) is 0 Å². The summed E-state index contributed by atoms with van der Waals surface area (Å²) in [4.78, 5) is 14.4. The molecule has 1 N–H and O–H groups in total. The van der Waals surface area contributed by atoms with E-state index in [0.29, 0.717) is 6.54 Å². The number of nitrogens with one attached hydrogen (secondary N) is 1. The Morgan fingerprint density at radius 2 is 2.10 bits per heavy atom. The van der Waals surface area contributed by atoms with Gasteiger partial charge in [0.1, 0.15) is 0 Å². The number of piperidine rings is 1. The van der Waals surface area contributed by atoms with Crippen LogP contribution < -0.4 is 15.8 Å². The minimum absolute atomic E-state index is 0.0228. The fourth-order valence-corrected chi connectivity index (χ4v) is 2.72. The monoisotopic (exact) mass is 292 g/mol. The molecule has 0 amide bonds. The predicted octanol–water partition coefficient (Wildman–Crippen LogP) is 1.87. The van der Waals surface area contributed by atoms with E-state index in [2.05, 4.69) is 29.2 Å². The van der Waals surface area contributed by atoms with Gasteiger partial charge in [0.15, 0.2) is 0 Å². The Hall–Kier alpha value is -1.36. The van der Waals surface area contributed by atoms with E-state index in [-0.39, 0.29) is 5.56 Å². The van der Waals surface area contributed by atoms with Crippen molar-refractivity contribution < 1.29 is 0 Å². The minimum Gasteiger partial charge on any atom is -0.370 e. The van der Waals surface area contributed by atoms with Crippen LogP contribution in [0.1, 0.15) is 39.5 Å². The average molecular weight is 292 g/mol. The molecule has 0 spiro atoms. The summed E-state index contributed by atoms with van der Waals surface area (Å²) in [5.74, 6) is 0.798. The zero-order valence-corrected chi connectivity index (χ0v) is 13.3. The van der Waals surface area contributed by atoms with E-state index < -0.39 is 0 Å². The second-order valence-corrected chi connectivity index (χ2v) is 6.01. The first-order valence-corrected chi connectivity index (χ1v) is 8.23. The molecule has 0 saturated carbocycles. The molecule has 1 fully saturated rings. The molecule has 5 nitrogen and oxygen atoms in total. The predicted molar refractivity (Wildman–Crippen MR) is 86.9 cm³/mol. The number of aromatic nitrogens is 2. The van der Waals surface area contributed by atoms with Crippen molar-refractivity contribution in [3.63, 3.8) is 0 Å². The quantitative estimate of drug-likeness (QED) is 0.780. The maximum absolute atomic E-state index is 12.1. The number of aryl methyl sites for hydroxylation is 1. The van der Waals surface area contributed by atoms with Crippen LogP contribution in [0.3, 0.4) is 0 Å². The van der Waals surface area contributed by atoms with Gasteiger partial charge in [0, 0.05) is 25.7 Å². The van der Waals surface area contributed by atoms with Gasteiger partial charge in [0.2, 0.25) is 0 Å². The first-order valence-electron chi connectivity index (χ1n) is 8.23. The molecular formula is C16H28N4O. The summed E-state index contributed by atoms with van der Waals surface area (Å²) in [6.07, 6.45) is 6.32. The summed E-state index contributed by atoms with van der Waals surface area (Å²) in [6.45, 7) is 9.19. The molecule has 5 heteroatoms. The third kappa shape index (κ3) is 4.84. The third-order valence-electron chi connectivity index (χ3n) is 4.23. The van der Waals surface area contributed by atoms with Crippen LogP contribution in [0.25, 0.3) is 0 Å². The molecule has 118 valence electrons. The van der Waals surface area contributed by atoms with Crippen LogP contribution >= 0.6 is 0 Å². The Bertz CT molecular complexity index is 477. The zero-order valence-electron chi connectivity index (χ0n) is 13.3. The normalized spacial score (nSPS) is 16.4. The SMILES string of the molecule is CCNCCCCn1ncc(N2CCC(C)CC2)cc1=O. The first-order chi connectivity index (χ1) is 10.2. The summed E-state index contributed by atoms with van der Waals surface area (Å²) in [5, 5.41) is 7.62. The number of hydrogen-bond acceptors (Lipinski definition) is 4. The lowest BCUT2D eigenvalue weighted by atomic mass is 9.99. The summed E-state index contributed by atoms with van der Waals surface area (Å²) in [6, 6.07) is 1.74. The second-order valence-electron chi connectivity index (χ2n) is 6.01. The molecule has 1 aliphatic heterocycles. The van der Waals surface area contributed by atoms with Crippen LogP contribution in [0.4, 0.5) is 5.69 Å². The third-order valence-corrected chi connectivity index (χ3v) is 4.23. The largest absolute Gasteiger partial charge is 0.370 e. The van der Waals surface area contributed by atoms with Crippen LogP contribution in [0.5, 0.6) is 0 Å². The standard InChI is InChI=1S/C16H28N4O/c1-3-17-8-4-5-9-20-16(21)12-15(13-18-20)19-10-6-14(2)7-11-19/h12-14,17H,3-11H2,1-2H3. The molecule has 0 atom stereocenters. The van der Waals surface area contributed by atoms with Crippen molar-refractivity contribution in [2.75, 3.05) is 31.1 Å². The maximum atomic E-state index is 12.1. The molecular weight excluding hydrogens is 264 g/mol. The van der Waals surface area contributed by atoms with Gasteiger partial charge in [-0.15, -0.1) is 0 Å². The summed E-state index contributed by atoms with van der Waals surface area (Å²) >= 11 is 0. The van der Waals surface area contributed by atoms with Crippen LogP contribution in [0, 0.1) is 5.92 Å². The minimum atomic E-state index is 0.0228. The highest BCUT2D eigenvalue weighted by Crippen LogP contribution is 2.20. The highest BCUT2D eigenvalue weighted by Gasteiger charge is 2.16. The lowest BCUT2D eigenvalue weighted by Crippen LogP contribution is -2.34. The first kappa shape index (κ1) is 16.0. The van der Waals surface area contributed by atoms with E-state index in [4.69, 9.17) is 0 Å². The van der Waals surface area contributed by atoms with Crippen molar-refractivity contribution in [3.05, 3.63) is 22.6 Å². The lowest BCUT2D eigenvalue weighted by molar-refractivity contribution is 0.437. The van der Waals surface area contributed by atoms with Gasteiger partial charge in [-0.05, 0) is 44.7 Å².